The molecule has 1 aromatic heterocycles. The second-order valence-electron chi connectivity index (χ2n) is 3.53. The molecule has 0 aliphatic carbocycles. The van der Waals surface area contributed by atoms with Gasteiger partial charge in [0.1, 0.15) is 0 Å². The van der Waals surface area contributed by atoms with E-state index >= 15 is 0 Å². The van der Waals surface area contributed by atoms with Crippen LogP contribution < -0.4 is 11.3 Å². The van der Waals surface area contributed by atoms with E-state index < -0.39 is 0 Å². The van der Waals surface area contributed by atoms with E-state index in [9.17, 15) is 4.79 Å². The quantitative estimate of drug-likeness (QED) is 0.565. The lowest BCUT2D eigenvalue weighted by Crippen LogP contribution is -2.28. The molecule has 0 saturated heterocycles. The van der Waals surface area contributed by atoms with E-state index in [2.05, 4.69) is 22.5 Å². The lowest BCUT2D eigenvalue weighted by atomic mass is 10.3. The Hall–Kier alpha value is -1.69. The van der Waals surface area contributed by atoms with E-state index in [4.69, 9.17) is 5.84 Å². The topological polar surface area (TPSA) is 84.1 Å². The number of anilines is 1. The Morgan fingerprint density at radius 1 is 1.50 bits per heavy atom. The highest BCUT2D eigenvalue weighted by molar-refractivity contribution is 5.92. The van der Waals surface area contributed by atoms with Crippen LogP contribution in [0.1, 0.15) is 30.3 Å². The third-order valence-corrected chi connectivity index (χ3v) is 2.23. The maximum atomic E-state index is 11.8. The number of nitrogens with zero attached hydrogens (tertiary/aromatic N) is 3. The number of hydrazine groups is 1. The first-order chi connectivity index (χ1) is 7.69. The SMILES string of the molecule is CCCCN(C)C(=O)c1ccc(NN)nn1. The molecule has 0 bridgehead atoms. The molecule has 0 aliphatic heterocycles. The molecule has 0 atom stereocenters. The van der Waals surface area contributed by atoms with Gasteiger partial charge in [0.05, 0.1) is 0 Å². The molecule has 0 aromatic carbocycles. The Morgan fingerprint density at radius 2 is 2.25 bits per heavy atom. The summed E-state index contributed by atoms with van der Waals surface area (Å²) >= 11 is 0. The first kappa shape index (κ1) is 12.4. The van der Waals surface area contributed by atoms with Crippen molar-refractivity contribution in [3.8, 4) is 0 Å². The van der Waals surface area contributed by atoms with Crippen molar-refractivity contribution in [2.75, 3.05) is 19.0 Å². The molecule has 0 spiro atoms. The second-order valence-corrected chi connectivity index (χ2v) is 3.53. The monoisotopic (exact) mass is 223 g/mol. The normalized spacial score (nSPS) is 9.94. The molecule has 1 rings (SSSR count). The number of aromatic nitrogens is 2. The highest BCUT2D eigenvalue weighted by Crippen LogP contribution is 2.03. The van der Waals surface area contributed by atoms with Gasteiger partial charge in [0, 0.05) is 13.6 Å². The van der Waals surface area contributed by atoms with Crippen molar-refractivity contribution < 1.29 is 4.79 Å². The summed E-state index contributed by atoms with van der Waals surface area (Å²) in [6.45, 7) is 2.81. The molecule has 16 heavy (non-hydrogen) atoms. The minimum atomic E-state index is -0.121. The van der Waals surface area contributed by atoms with E-state index in [0.29, 0.717) is 11.5 Å². The van der Waals surface area contributed by atoms with Crippen molar-refractivity contribution in [3.63, 3.8) is 0 Å². The number of hydrogen-bond donors (Lipinski definition) is 2. The van der Waals surface area contributed by atoms with Crippen LogP contribution >= 0.6 is 0 Å². The molecular weight excluding hydrogens is 206 g/mol. The Morgan fingerprint density at radius 3 is 2.75 bits per heavy atom. The highest BCUT2D eigenvalue weighted by atomic mass is 16.2. The number of carbonyl (C=O) groups excluding carboxylic acids is 1. The smallest absolute Gasteiger partial charge is 0.274 e. The van der Waals surface area contributed by atoms with Crippen LogP contribution in [0, 0.1) is 0 Å². The summed E-state index contributed by atoms with van der Waals surface area (Å²) in [5, 5.41) is 7.54. The zero-order valence-corrected chi connectivity index (χ0v) is 9.60. The summed E-state index contributed by atoms with van der Waals surface area (Å²) in [5.74, 6) is 5.47. The van der Waals surface area contributed by atoms with Crippen molar-refractivity contribution in [2.24, 2.45) is 5.84 Å². The fraction of sp³-hybridized carbons (Fsp3) is 0.500. The number of unbranched alkanes of at least 4 members (excludes halogenated alkanes) is 1. The molecule has 6 heteroatoms. The third-order valence-electron chi connectivity index (χ3n) is 2.23. The predicted octanol–water partition coefficient (Wildman–Crippen LogP) is 0.634. The van der Waals surface area contributed by atoms with Crippen LogP contribution in [0.25, 0.3) is 0 Å². The largest absolute Gasteiger partial charge is 0.340 e. The standard InChI is InChI=1S/C10H17N5O/c1-3-4-7-15(2)10(16)8-5-6-9(12-11)14-13-8/h5-6H,3-4,7,11H2,1-2H3,(H,12,14). The molecule has 0 aliphatic rings. The Labute approximate surface area is 94.8 Å². The van der Waals surface area contributed by atoms with Gasteiger partial charge in [0.2, 0.25) is 0 Å². The van der Waals surface area contributed by atoms with Crippen LogP contribution in [-0.2, 0) is 0 Å². The van der Waals surface area contributed by atoms with Gasteiger partial charge in [0.25, 0.3) is 5.91 Å². The van der Waals surface area contributed by atoms with Crippen molar-refractivity contribution >= 4 is 11.7 Å². The molecule has 3 N–H and O–H groups in total. The lowest BCUT2D eigenvalue weighted by molar-refractivity contribution is 0.0786. The zero-order valence-electron chi connectivity index (χ0n) is 9.60. The summed E-state index contributed by atoms with van der Waals surface area (Å²) in [4.78, 5) is 13.5. The summed E-state index contributed by atoms with van der Waals surface area (Å²) < 4.78 is 0. The van der Waals surface area contributed by atoms with E-state index in [1.165, 1.54) is 0 Å². The summed E-state index contributed by atoms with van der Waals surface area (Å²) in [5.41, 5.74) is 2.69. The number of hydrogen-bond acceptors (Lipinski definition) is 5. The molecule has 1 aromatic rings. The fourth-order valence-electron chi connectivity index (χ4n) is 1.22. The van der Waals surface area contributed by atoms with Gasteiger partial charge < -0.3 is 10.3 Å². The van der Waals surface area contributed by atoms with E-state index in [1.807, 2.05) is 0 Å². The van der Waals surface area contributed by atoms with Crippen LogP contribution in [0.5, 0.6) is 0 Å². The van der Waals surface area contributed by atoms with Crippen molar-refractivity contribution in [1.82, 2.24) is 15.1 Å². The maximum Gasteiger partial charge on any atom is 0.274 e. The van der Waals surface area contributed by atoms with E-state index in [1.54, 1.807) is 24.1 Å². The molecule has 0 saturated carbocycles. The average molecular weight is 223 g/mol. The fourth-order valence-corrected chi connectivity index (χ4v) is 1.22. The second kappa shape index (κ2) is 6.02. The molecule has 1 heterocycles. The molecule has 0 fully saturated rings. The Balaban J connectivity index is 2.64. The van der Waals surface area contributed by atoms with E-state index in [-0.39, 0.29) is 5.91 Å². The van der Waals surface area contributed by atoms with Crippen molar-refractivity contribution in [3.05, 3.63) is 17.8 Å². The first-order valence-electron chi connectivity index (χ1n) is 5.24. The number of amides is 1. The molecule has 0 radical (unpaired) electrons. The Bertz CT molecular complexity index is 338. The van der Waals surface area contributed by atoms with Gasteiger partial charge >= 0.3 is 0 Å². The van der Waals surface area contributed by atoms with Gasteiger partial charge in [-0.05, 0) is 18.6 Å². The minimum Gasteiger partial charge on any atom is -0.340 e. The summed E-state index contributed by atoms with van der Waals surface area (Å²) in [6.07, 6.45) is 2.04. The van der Waals surface area contributed by atoms with Crippen LogP contribution in [0.2, 0.25) is 0 Å². The molecule has 6 nitrogen and oxygen atoms in total. The van der Waals surface area contributed by atoms with E-state index in [0.717, 1.165) is 19.4 Å². The van der Waals surface area contributed by atoms with Crippen molar-refractivity contribution in [2.45, 2.75) is 19.8 Å². The minimum absolute atomic E-state index is 0.121. The average Bonchev–Trinajstić information content (AvgIpc) is 2.35. The third kappa shape index (κ3) is 3.16. The van der Waals surface area contributed by atoms with Gasteiger partial charge in [0.15, 0.2) is 11.5 Å². The van der Waals surface area contributed by atoms with Crippen LogP contribution in [0.3, 0.4) is 0 Å². The zero-order chi connectivity index (χ0) is 12.0. The van der Waals surface area contributed by atoms with Gasteiger partial charge in [-0.3, -0.25) is 4.79 Å². The lowest BCUT2D eigenvalue weighted by Gasteiger charge is -2.15. The number of nitrogens with two attached hydrogens (primary N) is 1. The number of rotatable bonds is 5. The molecule has 88 valence electrons. The number of nitrogens with one attached hydrogen (secondary N) is 1. The van der Waals surface area contributed by atoms with Crippen LogP contribution in [0.15, 0.2) is 12.1 Å². The van der Waals surface area contributed by atoms with Gasteiger partial charge in [-0.25, -0.2) is 5.84 Å². The predicted molar refractivity (Wildman–Crippen MR) is 61.7 cm³/mol. The van der Waals surface area contributed by atoms with Crippen LogP contribution in [-0.4, -0.2) is 34.6 Å². The maximum absolute atomic E-state index is 11.8. The first-order valence-corrected chi connectivity index (χ1v) is 5.24. The number of carbonyl (C=O) groups is 1. The Kier molecular flexibility index (Phi) is 4.65. The van der Waals surface area contributed by atoms with Gasteiger partial charge in [-0.15, -0.1) is 10.2 Å². The van der Waals surface area contributed by atoms with Gasteiger partial charge in [-0.2, -0.15) is 0 Å². The number of nitrogen functional groups attached to an aromatic ring is 1. The molecule has 0 unspecified atom stereocenters. The molecular formula is C10H17N5O. The summed E-state index contributed by atoms with van der Waals surface area (Å²) in [6, 6.07) is 3.22. The highest BCUT2D eigenvalue weighted by Gasteiger charge is 2.12. The van der Waals surface area contributed by atoms with Gasteiger partial charge in [-0.1, -0.05) is 13.3 Å². The molecule has 1 amide bonds. The van der Waals surface area contributed by atoms with Crippen molar-refractivity contribution in [1.29, 1.82) is 0 Å². The summed E-state index contributed by atoms with van der Waals surface area (Å²) in [7, 11) is 1.76. The van der Waals surface area contributed by atoms with Crippen LogP contribution in [0.4, 0.5) is 5.82 Å².